The molecule has 7 heteroatoms. The second kappa shape index (κ2) is 6.93. The van der Waals surface area contributed by atoms with Gasteiger partial charge in [-0.25, -0.2) is 18.2 Å². The topological polar surface area (TPSA) is 65.8 Å². The SMILES string of the molecule is N#Cc1cc2c(nc1NC(=O)Cc1cc(F)c(F)cc1F)CCCC2. The maximum Gasteiger partial charge on any atom is 0.230 e. The quantitative estimate of drug-likeness (QED) is 0.867. The van der Waals surface area contributed by atoms with Gasteiger partial charge in [0.25, 0.3) is 0 Å². The molecule has 0 radical (unpaired) electrons. The molecular weight excluding hydrogens is 331 g/mol. The molecule has 0 unspecified atom stereocenters. The van der Waals surface area contributed by atoms with Crippen molar-refractivity contribution >= 4 is 11.7 Å². The van der Waals surface area contributed by atoms with Crippen LogP contribution in [0.1, 0.15) is 35.2 Å². The van der Waals surface area contributed by atoms with Gasteiger partial charge in [-0.05, 0) is 43.4 Å². The van der Waals surface area contributed by atoms with Crippen LogP contribution in [0, 0.1) is 28.8 Å². The molecule has 3 rings (SSSR count). The first-order valence-corrected chi connectivity index (χ1v) is 7.84. The van der Waals surface area contributed by atoms with E-state index in [-0.39, 0.29) is 16.9 Å². The Hall–Kier alpha value is -2.88. The van der Waals surface area contributed by atoms with Gasteiger partial charge >= 0.3 is 0 Å². The van der Waals surface area contributed by atoms with Crippen LogP contribution in [0.3, 0.4) is 0 Å². The summed E-state index contributed by atoms with van der Waals surface area (Å²) in [5.41, 5.74) is 1.78. The number of hydrogen-bond acceptors (Lipinski definition) is 3. The highest BCUT2D eigenvalue weighted by Crippen LogP contribution is 2.24. The number of benzene rings is 1. The highest BCUT2D eigenvalue weighted by atomic mass is 19.2. The standard InChI is InChI=1S/C18H14F3N3O/c19-13-8-15(21)14(20)6-11(13)7-17(25)24-18-12(9-22)5-10-3-1-2-4-16(10)23-18/h5-6,8H,1-4,7H2,(H,23,24,25). The number of aryl methyl sites for hydroxylation is 2. The molecule has 0 spiro atoms. The number of carbonyl (C=O) groups is 1. The van der Waals surface area contributed by atoms with E-state index in [1.54, 1.807) is 6.07 Å². The molecule has 1 aromatic heterocycles. The Balaban J connectivity index is 1.81. The summed E-state index contributed by atoms with van der Waals surface area (Å²) in [6, 6.07) is 4.73. The third-order valence-electron chi connectivity index (χ3n) is 4.12. The van der Waals surface area contributed by atoms with E-state index in [1.165, 1.54) is 0 Å². The third-order valence-corrected chi connectivity index (χ3v) is 4.12. The Bertz CT molecular complexity index is 890. The van der Waals surface area contributed by atoms with E-state index < -0.39 is 29.8 Å². The van der Waals surface area contributed by atoms with E-state index in [1.807, 2.05) is 6.07 Å². The summed E-state index contributed by atoms with van der Waals surface area (Å²) in [6.07, 6.45) is 3.12. The Kier molecular flexibility index (Phi) is 4.70. The van der Waals surface area contributed by atoms with Crippen molar-refractivity contribution in [3.63, 3.8) is 0 Å². The Labute approximate surface area is 142 Å². The largest absolute Gasteiger partial charge is 0.309 e. The summed E-state index contributed by atoms with van der Waals surface area (Å²) in [7, 11) is 0. The van der Waals surface area contributed by atoms with Gasteiger partial charge in [-0.2, -0.15) is 5.26 Å². The third kappa shape index (κ3) is 3.63. The van der Waals surface area contributed by atoms with Gasteiger partial charge in [0.15, 0.2) is 17.5 Å². The van der Waals surface area contributed by atoms with Gasteiger partial charge in [0, 0.05) is 17.3 Å². The highest BCUT2D eigenvalue weighted by Gasteiger charge is 2.18. The minimum absolute atomic E-state index is 0.108. The van der Waals surface area contributed by atoms with Gasteiger partial charge in [0.05, 0.1) is 12.0 Å². The molecular formula is C18H14F3N3O. The van der Waals surface area contributed by atoms with Crippen LogP contribution >= 0.6 is 0 Å². The Morgan fingerprint density at radius 2 is 1.84 bits per heavy atom. The number of nitrogens with one attached hydrogen (secondary N) is 1. The second-order valence-corrected chi connectivity index (χ2v) is 5.89. The van der Waals surface area contributed by atoms with Gasteiger partial charge in [-0.15, -0.1) is 0 Å². The van der Waals surface area contributed by atoms with Crippen LogP contribution in [0.15, 0.2) is 18.2 Å². The molecule has 1 aliphatic carbocycles. The van der Waals surface area contributed by atoms with Crippen molar-refractivity contribution < 1.29 is 18.0 Å². The maximum atomic E-state index is 13.6. The smallest absolute Gasteiger partial charge is 0.230 e. The van der Waals surface area contributed by atoms with E-state index >= 15 is 0 Å². The summed E-state index contributed by atoms with van der Waals surface area (Å²) in [5, 5.41) is 11.7. The molecule has 0 bridgehead atoms. The second-order valence-electron chi connectivity index (χ2n) is 5.89. The first-order chi connectivity index (χ1) is 12.0. The number of fused-ring (bicyclic) bond motifs is 1. The normalized spacial score (nSPS) is 13.0. The van der Waals surface area contributed by atoms with E-state index in [4.69, 9.17) is 0 Å². The molecule has 0 aliphatic heterocycles. The highest BCUT2D eigenvalue weighted by molar-refractivity contribution is 5.92. The van der Waals surface area contributed by atoms with Gasteiger partial charge < -0.3 is 5.32 Å². The number of aromatic nitrogens is 1. The molecule has 1 aromatic carbocycles. The molecule has 0 atom stereocenters. The molecule has 4 nitrogen and oxygen atoms in total. The molecule has 2 aromatic rings. The zero-order valence-corrected chi connectivity index (χ0v) is 13.2. The zero-order chi connectivity index (χ0) is 18.0. The monoisotopic (exact) mass is 345 g/mol. The fraction of sp³-hybridized carbons (Fsp3) is 0.278. The number of hydrogen-bond donors (Lipinski definition) is 1. The van der Waals surface area contributed by atoms with E-state index in [0.717, 1.165) is 36.9 Å². The minimum atomic E-state index is -1.32. The fourth-order valence-corrected chi connectivity index (χ4v) is 2.86. The van der Waals surface area contributed by atoms with Crippen LogP contribution < -0.4 is 5.32 Å². The summed E-state index contributed by atoms with van der Waals surface area (Å²) < 4.78 is 39.8. The number of nitriles is 1. The van der Waals surface area contributed by atoms with Crippen molar-refractivity contribution in [1.29, 1.82) is 5.26 Å². The van der Waals surface area contributed by atoms with Crippen LogP contribution in [-0.2, 0) is 24.1 Å². The van der Waals surface area contributed by atoms with Crippen LogP contribution in [-0.4, -0.2) is 10.9 Å². The van der Waals surface area contributed by atoms with Crippen LogP contribution in [0.4, 0.5) is 19.0 Å². The summed E-state index contributed by atoms with van der Waals surface area (Å²) >= 11 is 0. The number of pyridine rings is 1. The van der Waals surface area contributed by atoms with Crippen molar-refractivity contribution in [1.82, 2.24) is 4.98 Å². The predicted octanol–water partition coefficient (Wildman–Crippen LogP) is 3.43. The Morgan fingerprint density at radius 3 is 2.60 bits per heavy atom. The molecule has 1 N–H and O–H groups in total. The maximum absolute atomic E-state index is 13.6. The van der Waals surface area contributed by atoms with Crippen molar-refractivity contribution in [2.24, 2.45) is 0 Å². The van der Waals surface area contributed by atoms with Crippen molar-refractivity contribution in [3.05, 3.63) is 58.0 Å². The molecule has 1 heterocycles. The van der Waals surface area contributed by atoms with E-state index in [2.05, 4.69) is 10.3 Å². The number of rotatable bonds is 3. The minimum Gasteiger partial charge on any atom is -0.309 e. The summed E-state index contributed by atoms with van der Waals surface area (Å²) in [6.45, 7) is 0. The van der Waals surface area contributed by atoms with Crippen molar-refractivity contribution in [2.45, 2.75) is 32.1 Å². The summed E-state index contributed by atoms with van der Waals surface area (Å²) in [5.74, 6) is -4.10. The van der Waals surface area contributed by atoms with Gasteiger partial charge in [-0.3, -0.25) is 4.79 Å². The molecule has 0 fully saturated rings. The Morgan fingerprint density at radius 1 is 1.12 bits per heavy atom. The first-order valence-electron chi connectivity index (χ1n) is 7.84. The van der Waals surface area contributed by atoms with Crippen molar-refractivity contribution in [3.8, 4) is 6.07 Å². The molecule has 128 valence electrons. The number of carbonyl (C=O) groups excluding carboxylic acids is 1. The first kappa shape index (κ1) is 17.0. The number of nitrogens with zero attached hydrogens (tertiary/aromatic N) is 2. The van der Waals surface area contributed by atoms with Gasteiger partial charge in [0.1, 0.15) is 11.9 Å². The average molecular weight is 345 g/mol. The number of amides is 1. The molecule has 0 saturated carbocycles. The number of halogens is 3. The lowest BCUT2D eigenvalue weighted by molar-refractivity contribution is -0.115. The molecule has 0 saturated heterocycles. The van der Waals surface area contributed by atoms with E-state index in [0.29, 0.717) is 12.1 Å². The lowest BCUT2D eigenvalue weighted by atomic mass is 9.95. The van der Waals surface area contributed by atoms with Crippen LogP contribution in [0.25, 0.3) is 0 Å². The predicted molar refractivity (Wildman–Crippen MR) is 84.2 cm³/mol. The molecule has 1 aliphatic rings. The molecule has 25 heavy (non-hydrogen) atoms. The van der Waals surface area contributed by atoms with Gasteiger partial charge in [-0.1, -0.05) is 0 Å². The van der Waals surface area contributed by atoms with Gasteiger partial charge in [0.2, 0.25) is 5.91 Å². The van der Waals surface area contributed by atoms with Crippen LogP contribution in [0.5, 0.6) is 0 Å². The average Bonchev–Trinajstić information content (AvgIpc) is 2.59. The molecule has 1 amide bonds. The number of anilines is 1. The summed E-state index contributed by atoms with van der Waals surface area (Å²) in [4.78, 5) is 16.5. The zero-order valence-electron chi connectivity index (χ0n) is 13.2. The van der Waals surface area contributed by atoms with Crippen LogP contribution in [0.2, 0.25) is 0 Å². The lowest BCUT2D eigenvalue weighted by Crippen LogP contribution is -2.19. The lowest BCUT2D eigenvalue weighted by Gasteiger charge is -2.17. The fourth-order valence-electron chi connectivity index (χ4n) is 2.86. The van der Waals surface area contributed by atoms with Crippen molar-refractivity contribution in [2.75, 3.05) is 5.32 Å². The van der Waals surface area contributed by atoms with E-state index in [9.17, 15) is 23.2 Å².